The third-order valence-electron chi connectivity index (χ3n) is 1.77. The molecule has 1 rings (SSSR count). The number of aliphatic hydroxyl groups is 2. The van der Waals surface area contributed by atoms with Crippen LogP contribution in [0.3, 0.4) is 0 Å². The summed E-state index contributed by atoms with van der Waals surface area (Å²) in [5.74, 6) is -1.45. The summed E-state index contributed by atoms with van der Waals surface area (Å²) < 4.78 is 17.6. The molecule has 0 saturated carbocycles. The highest BCUT2D eigenvalue weighted by Crippen LogP contribution is 2.07. The van der Waals surface area contributed by atoms with Gasteiger partial charge in [-0.3, -0.25) is 0 Å². The molecule has 1 unspecified atom stereocenters. The van der Waals surface area contributed by atoms with Crippen molar-refractivity contribution in [2.24, 2.45) is 0 Å². The predicted octanol–water partition coefficient (Wildman–Crippen LogP) is 0.222. The third-order valence-corrected chi connectivity index (χ3v) is 1.77. The fourth-order valence-corrected chi connectivity index (χ4v) is 0.935. The van der Waals surface area contributed by atoms with Crippen molar-refractivity contribution in [3.63, 3.8) is 0 Å². The molecule has 0 aliphatic rings. The summed E-state index contributed by atoms with van der Waals surface area (Å²) in [4.78, 5) is 10.9. The molecule has 0 spiro atoms. The predicted molar refractivity (Wildman–Crippen MR) is 49.3 cm³/mol. The van der Waals surface area contributed by atoms with Gasteiger partial charge in [0.15, 0.2) is 6.10 Å². The summed E-state index contributed by atoms with van der Waals surface area (Å²) in [6.07, 6.45) is -1.57. The molecule has 2 N–H and O–H groups in total. The summed E-state index contributed by atoms with van der Waals surface area (Å²) >= 11 is 0. The second-order valence-corrected chi connectivity index (χ2v) is 2.90. The van der Waals surface area contributed by atoms with Gasteiger partial charge in [-0.05, 0) is 6.07 Å². The van der Waals surface area contributed by atoms with Crippen LogP contribution in [-0.2, 0) is 16.1 Å². The van der Waals surface area contributed by atoms with E-state index < -0.39 is 24.5 Å². The molecule has 1 aromatic rings. The molecule has 82 valence electrons. The number of aliphatic hydroxyl groups excluding tert-OH is 2. The average molecular weight is 214 g/mol. The molecular weight excluding hydrogens is 203 g/mol. The van der Waals surface area contributed by atoms with Crippen LogP contribution in [0, 0.1) is 5.82 Å². The molecule has 0 aliphatic heterocycles. The Morgan fingerprint density at radius 2 is 2.13 bits per heavy atom. The maximum absolute atomic E-state index is 13.0. The van der Waals surface area contributed by atoms with Crippen LogP contribution in [0.15, 0.2) is 24.3 Å². The first kappa shape index (κ1) is 11.6. The fraction of sp³-hybridized carbons (Fsp3) is 0.300. The first-order valence-electron chi connectivity index (χ1n) is 4.34. The lowest BCUT2D eigenvalue weighted by atomic mass is 10.2. The maximum Gasteiger partial charge on any atom is 0.337 e. The number of hydrogen-bond acceptors (Lipinski definition) is 4. The van der Waals surface area contributed by atoms with Crippen LogP contribution < -0.4 is 0 Å². The van der Waals surface area contributed by atoms with Gasteiger partial charge in [-0.2, -0.15) is 0 Å². The SMILES string of the molecule is O=C(OCc1ccccc1F)C(O)CO. The van der Waals surface area contributed by atoms with E-state index >= 15 is 0 Å². The molecule has 0 amide bonds. The van der Waals surface area contributed by atoms with Crippen LogP contribution in [0.2, 0.25) is 0 Å². The number of benzene rings is 1. The third kappa shape index (κ3) is 3.30. The summed E-state index contributed by atoms with van der Waals surface area (Å²) in [7, 11) is 0. The molecule has 4 nitrogen and oxygen atoms in total. The van der Waals surface area contributed by atoms with Crippen molar-refractivity contribution in [3.8, 4) is 0 Å². The Morgan fingerprint density at radius 1 is 1.47 bits per heavy atom. The van der Waals surface area contributed by atoms with Gasteiger partial charge in [0.1, 0.15) is 12.4 Å². The van der Waals surface area contributed by atoms with Gasteiger partial charge < -0.3 is 14.9 Å². The smallest absolute Gasteiger partial charge is 0.337 e. The van der Waals surface area contributed by atoms with E-state index in [0.29, 0.717) is 0 Å². The molecule has 0 radical (unpaired) electrons. The van der Waals surface area contributed by atoms with Gasteiger partial charge >= 0.3 is 5.97 Å². The van der Waals surface area contributed by atoms with Crippen LogP contribution in [-0.4, -0.2) is 28.9 Å². The zero-order valence-corrected chi connectivity index (χ0v) is 7.89. The summed E-state index contributed by atoms with van der Waals surface area (Å²) in [6, 6.07) is 5.83. The Kier molecular flexibility index (Phi) is 4.20. The zero-order chi connectivity index (χ0) is 11.3. The van der Waals surface area contributed by atoms with E-state index in [1.807, 2.05) is 0 Å². The second kappa shape index (κ2) is 5.43. The highest BCUT2D eigenvalue weighted by Gasteiger charge is 2.15. The van der Waals surface area contributed by atoms with E-state index in [9.17, 15) is 9.18 Å². The lowest BCUT2D eigenvalue weighted by molar-refractivity contribution is -0.156. The first-order valence-corrected chi connectivity index (χ1v) is 4.34. The monoisotopic (exact) mass is 214 g/mol. The standard InChI is InChI=1S/C10H11FO4/c11-8-4-2-1-3-7(8)6-15-10(14)9(13)5-12/h1-4,9,12-13H,5-6H2. The van der Waals surface area contributed by atoms with Gasteiger partial charge in [0.25, 0.3) is 0 Å². The minimum absolute atomic E-state index is 0.219. The van der Waals surface area contributed by atoms with E-state index in [2.05, 4.69) is 4.74 Å². The van der Waals surface area contributed by atoms with Crippen LogP contribution in [0.25, 0.3) is 0 Å². The number of ether oxygens (including phenoxy) is 1. The van der Waals surface area contributed by atoms with Crippen molar-refractivity contribution in [1.29, 1.82) is 0 Å². The van der Waals surface area contributed by atoms with E-state index in [1.165, 1.54) is 18.2 Å². The summed E-state index contributed by atoms with van der Waals surface area (Å²) in [5, 5.41) is 17.3. The highest BCUT2D eigenvalue weighted by atomic mass is 19.1. The molecule has 1 atom stereocenters. The van der Waals surface area contributed by atoms with Crippen molar-refractivity contribution in [2.75, 3.05) is 6.61 Å². The minimum Gasteiger partial charge on any atom is -0.459 e. The number of rotatable bonds is 4. The molecule has 0 aliphatic carbocycles. The normalized spacial score (nSPS) is 12.2. The van der Waals surface area contributed by atoms with E-state index in [0.717, 1.165) is 0 Å². The lowest BCUT2D eigenvalue weighted by Crippen LogP contribution is -2.26. The van der Waals surface area contributed by atoms with Crippen LogP contribution >= 0.6 is 0 Å². The Labute approximate surface area is 85.9 Å². The number of halogens is 1. The topological polar surface area (TPSA) is 66.8 Å². The Bertz CT molecular complexity index is 340. The molecular formula is C10H11FO4. The van der Waals surface area contributed by atoms with Crippen LogP contribution in [0.4, 0.5) is 4.39 Å². The van der Waals surface area contributed by atoms with Gasteiger partial charge in [0, 0.05) is 5.56 Å². The van der Waals surface area contributed by atoms with Crippen molar-refractivity contribution in [2.45, 2.75) is 12.7 Å². The highest BCUT2D eigenvalue weighted by molar-refractivity contribution is 5.74. The van der Waals surface area contributed by atoms with E-state index in [1.54, 1.807) is 6.07 Å². The van der Waals surface area contributed by atoms with Gasteiger partial charge in [-0.25, -0.2) is 9.18 Å². The van der Waals surface area contributed by atoms with Crippen molar-refractivity contribution >= 4 is 5.97 Å². The number of carbonyl (C=O) groups excluding carboxylic acids is 1. The van der Waals surface area contributed by atoms with E-state index in [-0.39, 0.29) is 12.2 Å². The lowest BCUT2D eigenvalue weighted by Gasteiger charge is -2.08. The first-order chi connectivity index (χ1) is 7.15. The molecule has 0 heterocycles. The van der Waals surface area contributed by atoms with Crippen LogP contribution in [0.5, 0.6) is 0 Å². The summed E-state index contributed by atoms with van der Waals surface area (Å²) in [5.41, 5.74) is 0.219. The molecule has 5 heteroatoms. The van der Waals surface area contributed by atoms with Gasteiger partial charge in [0.05, 0.1) is 6.61 Å². The molecule has 0 aromatic heterocycles. The van der Waals surface area contributed by atoms with Crippen molar-refractivity contribution in [1.82, 2.24) is 0 Å². The number of carbonyl (C=O) groups is 1. The quantitative estimate of drug-likeness (QED) is 0.704. The molecule has 0 bridgehead atoms. The molecule has 1 aromatic carbocycles. The van der Waals surface area contributed by atoms with Gasteiger partial charge in [-0.1, -0.05) is 18.2 Å². The number of hydrogen-bond donors (Lipinski definition) is 2. The van der Waals surface area contributed by atoms with Crippen molar-refractivity contribution < 1.29 is 24.1 Å². The van der Waals surface area contributed by atoms with Crippen molar-refractivity contribution in [3.05, 3.63) is 35.6 Å². The Morgan fingerprint density at radius 3 is 2.73 bits per heavy atom. The second-order valence-electron chi connectivity index (χ2n) is 2.90. The largest absolute Gasteiger partial charge is 0.459 e. The van der Waals surface area contributed by atoms with Gasteiger partial charge in [0.2, 0.25) is 0 Å². The Balaban J connectivity index is 2.51. The minimum atomic E-state index is -1.57. The maximum atomic E-state index is 13.0. The van der Waals surface area contributed by atoms with E-state index in [4.69, 9.17) is 10.2 Å². The summed E-state index contributed by atoms with van der Waals surface area (Å²) in [6.45, 7) is -0.974. The number of esters is 1. The fourth-order valence-electron chi connectivity index (χ4n) is 0.935. The average Bonchev–Trinajstić information content (AvgIpc) is 2.26. The Hall–Kier alpha value is -1.46. The van der Waals surface area contributed by atoms with Gasteiger partial charge in [-0.15, -0.1) is 0 Å². The van der Waals surface area contributed by atoms with Crippen LogP contribution in [0.1, 0.15) is 5.56 Å². The zero-order valence-electron chi connectivity index (χ0n) is 7.89. The molecule has 15 heavy (non-hydrogen) atoms. The molecule has 0 fully saturated rings. The molecule has 0 saturated heterocycles.